The van der Waals surface area contributed by atoms with E-state index in [0.717, 1.165) is 32.8 Å². The van der Waals surface area contributed by atoms with Crippen molar-refractivity contribution in [2.75, 3.05) is 20.8 Å². The molecule has 3 aromatic carbocycles. The summed E-state index contributed by atoms with van der Waals surface area (Å²) in [6.45, 7) is 0.569. The van der Waals surface area contributed by atoms with Gasteiger partial charge in [0.15, 0.2) is 11.5 Å². The summed E-state index contributed by atoms with van der Waals surface area (Å²) in [5.41, 5.74) is 2.07. The van der Waals surface area contributed by atoms with E-state index in [1.165, 1.54) is 0 Å². The molecule has 1 N–H and O–H groups in total. The summed E-state index contributed by atoms with van der Waals surface area (Å²) in [6.07, 6.45) is 1.07. The van der Waals surface area contributed by atoms with Gasteiger partial charge >= 0.3 is 0 Å². The zero-order valence-corrected chi connectivity index (χ0v) is 17.0. The van der Waals surface area contributed by atoms with Gasteiger partial charge < -0.3 is 14.8 Å². The molecule has 3 rings (SSSR count). The number of methoxy groups -OCH3 is 2. The molecule has 0 unspecified atom stereocenters. The van der Waals surface area contributed by atoms with E-state index in [1.807, 2.05) is 42.5 Å². The molecule has 0 atom stereocenters. The van der Waals surface area contributed by atoms with Crippen LogP contribution >= 0.6 is 15.9 Å². The maximum absolute atomic E-state index is 12.3. The largest absolute Gasteiger partial charge is 0.493 e. The third-order valence-corrected chi connectivity index (χ3v) is 5.41. The van der Waals surface area contributed by atoms with Gasteiger partial charge in [0.25, 0.3) is 0 Å². The Labute approximate surface area is 167 Å². The van der Waals surface area contributed by atoms with Crippen LogP contribution in [0.2, 0.25) is 0 Å². The van der Waals surface area contributed by atoms with Gasteiger partial charge in [-0.25, -0.2) is 0 Å². The second kappa shape index (κ2) is 8.91. The summed E-state index contributed by atoms with van der Waals surface area (Å²) in [5.74, 6) is 1.40. The molecule has 0 saturated carbocycles. The summed E-state index contributed by atoms with van der Waals surface area (Å²) in [6, 6.07) is 18.0. The Hall–Kier alpha value is -2.53. The molecule has 5 heteroatoms. The minimum absolute atomic E-state index is 0.00598. The van der Waals surface area contributed by atoms with Crippen LogP contribution in [0.1, 0.15) is 11.1 Å². The van der Waals surface area contributed by atoms with Crippen LogP contribution in [0.15, 0.2) is 59.1 Å². The van der Waals surface area contributed by atoms with Gasteiger partial charge in [0.05, 0.1) is 20.6 Å². The van der Waals surface area contributed by atoms with Crippen molar-refractivity contribution in [1.29, 1.82) is 0 Å². The van der Waals surface area contributed by atoms with Crippen LogP contribution in [0, 0.1) is 0 Å². The average molecular weight is 428 g/mol. The minimum Gasteiger partial charge on any atom is -0.493 e. The van der Waals surface area contributed by atoms with E-state index in [-0.39, 0.29) is 5.91 Å². The lowest BCUT2D eigenvalue weighted by Gasteiger charge is -2.11. The monoisotopic (exact) mass is 427 g/mol. The minimum atomic E-state index is 0.00598. The first-order valence-corrected chi connectivity index (χ1v) is 9.55. The highest BCUT2D eigenvalue weighted by molar-refractivity contribution is 9.10. The highest BCUT2D eigenvalue weighted by Crippen LogP contribution is 2.28. The van der Waals surface area contributed by atoms with Gasteiger partial charge in [-0.15, -0.1) is 0 Å². The van der Waals surface area contributed by atoms with Gasteiger partial charge in [-0.3, -0.25) is 4.79 Å². The summed E-state index contributed by atoms with van der Waals surface area (Å²) < 4.78 is 11.5. The van der Waals surface area contributed by atoms with E-state index in [9.17, 15) is 4.79 Å². The first-order chi connectivity index (χ1) is 13.1. The van der Waals surface area contributed by atoms with Crippen LogP contribution < -0.4 is 14.8 Å². The smallest absolute Gasteiger partial charge is 0.224 e. The van der Waals surface area contributed by atoms with E-state index in [1.54, 1.807) is 14.2 Å². The van der Waals surface area contributed by atoms with E-state index in [4.69, 9.17) is 9.47 Å². The Morgan fingerprint density at radius 1 is 1.00 bits per heavy atom. The number of fused-ring (bicyclic) bond motifs is 1. The summed E-state index contributed by atoms with van der Waals surface area (Å²) in [4.78, 5) is 12.3. The Kier molecular flexibility index (Phi) is 6.35. The average Bonchev–Trinajstić information content (AvgIpc) is 2.70. The van der Waals surface area contributed by atoms with Crippen molar-refractivity contribution in [2.45, 2.75) is 12.8 Å². The van der Waals surface area contributed by atoms with E-state index >= 15 is 0 Å². The molecule has 0 aromatic heterocycles. The number of hydrogen-bond acceptors (Lipinski definition) is 3. The Balaban J connectivity index is 1.58. The van der Waals surface area contributed by atoms with Crippen LogP contribution in [0.4, 0.5) is 0 Å². The lowest BCUT2D eigenvalue weighted by molar-refractivity contribution is -0.120. The van der Waals surface area contributed by atoms with Crippen molar-refractivity contribution in [2.24, 2.45) is 0 Å². The fraction of sp³-hybridized carbons (Fsp3) is 0.227. The Bertz CT molecular complexity index is 955. The lowest BCUT2D eigenvalue weighted by Crippen LogP contribution is -2.27. The van der Waals surface area contributed by atoms with Crippen LogP contribution in [-0.4, -0.2) is 26.7 Å². The molecule has 140 valence electrons. The SMILES string of the molecule is COc1ccc(CCNC(=O)Cc2ccc3ccccc3c2Br)cc1OC. The molecule has 0 aliphatic rings. The zero-order valence-electron chi connectivity index (χ0n) is 15.4. The molecular weight excluding hydrogens is 406 g/mol. The number of amides is 1. The lowest BCUT2D eigenvalue weighted by atomic mass is 10.0. The molecule has 3 aromatic rings. The molecule has 0 aliphatic heterocycles. The van der Waals surface area contributed by atoms with Gasteiger partial charge in [0.2, 0.25) is 5.91 Å². The fourth-order valence-electron chi connectivity index (χ4n) is 3.03. The molecule has 0 bridgehead atoms. The third-order valence-electron chi connectivity index (χ3n) is 4.48. The van der Waals surface area contributed by atoms with Gasteiger partial charge in [-0.1, -0.05) is 42.5 Å². The van der Waals surface area contributed by atoms with Crippen molar-refractivity contribution in [1.82, 2.24) is 5.32 Å². The van der Waals surface area contributed by atoms with Crippen molar-refractivity contribution in [3.8, 4) is 11.5 Å². The summed E-state index contributed by atoms with van der Waals surface area (Å²) in [7, 11) is 3.23. The molecule has 0 heterocycles. The maximum atomic E-state index is 12.3. The normalized spacial score (nSPS) is 10.6. The van der Waals surface area contributed by atoms with Gasteiger partial charge in [0, 0.05) is 11.0 Å². The summed E-state index contributed by atoms with van der Waals surface area (Å²) >= 11 is 3.64. The molecule has 0 saturated heterocycles. The van der Waals surface area contributed by atoms with Crippen LogP contribution in [0.3, 0.4) is 0 Å². The highest BCUT2D eigenvalue weighted by atomic mass is 79.9. The molecule has 0 fully saturated rings. The van der Waals surface area contributed by atoms with Gasteiger partial charge in [-0.2, -0.15) is 0 Å². The highest BCUT2D eigenvalue weighted by Gasteiger charge is 2.10. The molecule has 1 amide bonds. The number of carbonyl (C=O) groups is 1. The number of ether oxygens (including phenoxy) is 2. The number of rotatable bonds is 7. The number of halogens is 1. The van der Waals surface area contributed by atoms with E-state index in [0.29, 0.717) is 24.5 Å². The summed E-state index contributed by atoms with van der Waals surface area (Å²) in [5, 5.41) is 5.26. The molecule has 4 nitrogen and oxygen atoms in total. The second-order valence-electron chi connectivity index (χ2n) is 6.23. The van der Waals surface area contributed by atoms with Crippen molar-refractivity contribution in [3.05, 3.63) is 70.2 Å². The first-order valence-electron chi connectivity index (χ1n) is 8.76. The van der Waals surface area contributed by atoms with Crippen molar-refractivity contribution >= 4 is 32.6 Å². The Morgan fingerprint density at radius 3 is 2.56 bits per heavy atom. The first kappa shape index (κ1) is 19.2. The van der Waals surface area contributed by atoms with Crippen molar-refractivity contribution in [3.63, 3.8) is 0 Å². The fourth-order valence-corrected chi connectivity index (χ4v) is 3.67. The van der Waals surface area contributed by atoms with Crippen LogP contribution in [0.5, 0.6) is 11.5 Å². The van der Waals surface area contributed by atoms with E-state index < -0.39 is 0 Å². The van der Waals surface area contributed by atoms with Gasteiger partial charge in [0.1, 0.15) is 0 Å². The predicted molar refractivity (Wildman–Crippen MR) is 112 cm³/mol. The van der Waals surface area contributed by atoms with Gasteiger partial charge in [-0.05, 0) is 56.4 Å². The molecule has 0 aliphatic carbocycles. The number of nitrogens with one attached hydrogen (secondary N) is 1. The molecule has 0 spiro atoms. The molecule has 0 radical (unpaired) electrons. The third kappa shape index (κ3) is 4.61. The Morgan fingerprint density at radius 2 is 1.78 bits per heavy atom. The van der Waals surface area contributed by atoms with Crippen LogP contribution in [0.25, 0.3) is 10.8 Å². The topological polar surface area (TPSA) is 47.6 Å². The quantitative estimate of drug-likeness (QED) is 0.602. The standard InChI is InChI=1S/C22H22BrNO3/c1-26-19-10-7-15(13-20(19)27-2)11-12-24-21(25)14-17-9-8-16-5-3-4-6-18(16)22(17)23/h3-10,13H,11-12,14H2,1-2H3,(H,24,25). The maximum Gasteiger partial charge on any atom is 0.224 e. The molecular formula is C22H22BrNO3. The number of carbonyl (C=O) groups excluding carboxylic acids is 1. The number of hydrogen-bond donors (Lipinski definition) is 1. The van der Waals surface area contributed by atoms with Crippen molar-refractivity contribution < 1.29 is 14.3 Å². The van der Waals surface area contributed by atoms with Crippen LogP contribution in [-0.2, 0) is 17.6 Å². The predicted octanol–water partition coefficient (Wildman–Crippen LogP) is 4.52. The number of benzene rings is 3. The van der Waals surface area contributed by atoms with E-state index in [2.05, 4.69) is 33.4 Å². The zero-order chi connectivity index (χ0) is 19.2. The molecule has 27 heavy (non-hydrogen) atoms. The second-order valence-corrected chi connectivity index (χ2v) is 7.02.